The molecule has 3 rings (SSSR count). The Morgan fingerprint density at radius 1 is 1.13 bits per heavy atom. The highest BCUT2D eigenvalue weighted by Gasteiger charge is 2.19. The number of benzene rings is 1. The molecule has 0 saturated carbocycles. The maximum atomic E-state index is 5.85. The number of nitrogens with one attached hydrogen (secondary N) is 2. The predicted molar refractivity (Wildman–Crippen MR) is 124 cm³/mol. The first kappa shape index (κ1) is 22.6. The summed E-state index contributed by atoms with van der Waals surface area (Å²) in [6, 6.07) is 10.6. The van der Waals surface area contributed by atoms with Crippen molar-refractivity contribution in [2.75, 3.05) is 6.54 Å². The van der Waals surface area contributed by atoms with Crippen molar-refractivity contribution < 1.29 is 4.42 Å². The smallest absolute Gasteiger partial charge is 0.213 e. The number of imidazole rings is 1. The molecule has 0 aliphatic carbocycles. The molecule has 0 radical (unpaired) electrons. The Bertz CT molecular complexity index is 952. The molecule has 3 aromatic rings. The van der Waals surface area contributed by atoms with E-state index in [4.69, 9.17) is 9.41 Å². The van der Waals surface area contributed by atoms with Gasteiger partial charge in [0.05, 0.1) is 12.7 Å². The second kappa shape index (κ2) is 10.8. The van der Waals surface area contributed by atoms with Crippen molar-refractivity contribution in [3.8, 4) is 0 Å². The minimum Gasteiger partial charge on any atom is -0.443 e. The van der Waals surface area contributed by atoms with Crippen molar-refractivity contribution >= 4 is 5.96 Å². The Morgan fingerprint density at radius 3 is 2.65 bits per heavy atom. The molecule has 0 amide bonds. The lowest BCUT2D eigenvalue weighted by Crippen LogP contribution is -2.37. The molecule has 2 heterocycles. The molecule has 0 fully saturated rings. The van der Waals surface area contributed by atoms with E-state index in [9.17, 15) is 0 Å². The van der Waals surface area contributed by atoms with Crippen LogP contribution in [0, 0.1) is 0 Å². The van der Waals surface area contributed by atoms with Crippen LogP contribution < -0.4 is 10.6 Å². The normalized spacial score (nSPS) is 12.2. The van der Waals surface area contributed by atoms with Crippen molar-refractivity contribution in [2.45, 2.75) is 65.6 Å². The quantitative estimate of drug-likeness (QED) is 0.402. The van der Waals surface area contributed by atoms with E-state index < -0.39 is 0 Å². The number of aromatic nitrogens is 3. The van der Waals surface area contributed by atoms with Gasteiger partial charge in [0, 0.05) is 30.9 Å². The molecule has 2 N–H and O–H groups in total. The van der Waals surface area contributed by atoms with Gasteiger partial charge in [-0.25, -0.2) is 15.0 Å². The molecule has 0 saturated heterocycles. The zero-order valence-corrected chi connectivity index (χ0v) is 19.1. The van der Waals surface area contributed by atoms with Crippen molar-refractivity contribution in [1.29, 1.82) is 0 Å². The van der Waals surface area contributed by atoms with Gasteiger partial charge in [0.15, 0.2) is 5.96 Å². The van der Waals surface area contributed by atoms with Crippen LogP contribution in [0.1, 0.15) is 57.2 Å². The average molecular weight is 423 g/mol. The van der Waals surface area contributed by atoms with Gasteiger partial charge in [0.25, 0.3) is 0 Å². The largest absolute Gasteiger partial charge is 0.443 e. The van der Waals surface area contributed by atoms with E-state index in [0.717, 1.165) is 43.5 Å². The summed E-state index contributed by atoms with van der Waals surface area (Å²) in [6.45, 7) is 11.1. The van der Waals surface area contributed by atoms with Gasteiger partial charge in [0.2, 0.25) is 5.89 Å². The summed E-state index contributed by atoms with van der Waals surface area (Å²) < 4.78 is 8.03. The summed E-state index contributed by atoms with van der Waals surface area (Å²) >= 11 is 0. The van der Waals surface area contributed by atoms with E-state index in [2.05, 4.69) is 76.3 Å². The molecule has 0 spiro atoms. The molecular weight excluding hydrogens is 388 g/mol. The third kappa shape index (κ3) is 6.98. The molecule has 0 atom stereocenters. The van der Waals surface area contributed by atoms with Gasteiger partial charge in [-0.3, -0.25) is 0 Å². The molecule has 7 nitrogen and oxygen atoms in total. The lowest BCUT2D eigenvalue weighted by Gasteiger charge is -2.13. The number of nitrogens with zero attached hydrogens (tertiary/aromatic N) is 4. The minimum absolute atomic E-state index is 0.0541. The Kier molecular flexibility index (Phi) is 7.87. The lowest BCUT2D eigenvalue weighted by molar-refractivity contribution is 0.379. The molecule has 31 heavy (non-hydrogen) atoms. The van der Waals surface area contributed by atoms with Crippen LogP contribution in [0.2, 0.25) is 0 Å². The molecule has 0 bridgehead atoms. The van der Waals surface area contributed by atoms with Crippen molar-refractivity contribution in [3.63, 3.8) is 0 Å². The van der Waals surface area contributed by atoms with Crippen molar-refractivity contribution in [2.24, 2.45) is 4.99 Å². The van der Waals surface area contributed by atoms with Crippen molar-refractivity contribution in [3.05, 3.63) is 72.0 Å². The molecule has 0 aliphatic rings. The summed E-state index contributed by atoms with van der Waals surface area (Å²) in [7, 11) is 0. The van der Waals surface area contributed by atoms with Crippen LogP contribution in [0.4, 0.5) is 0 Å². The van der Waals surface area contributed by atoms with Gasteiger partial charge >= 0.3 is 0 Å². The Labute approximate surface area is 185 Å². The predicted octanol–water partition coefficient (Wildman–Crippen LogP) is 4.06. The number of guanidine groups is 1. The SMILES string of the molecule is CCNC(=NCc1nccn1CCCc1ccccc1)NCc1ncc(C(C)(C)C)o1. The summed E-state index contributed by atoms with van der Waals surface area (Å²) in [5.74, 6) is 3.20. The van der Waals surface area contributed by atoms with Gasteiger partial charge in [-0.1, -0.05) is 51.1 Å². The molecule has 7 heteroatoms. The van der Waals surface area contributed by atoms with Crippen molar-refractivity contribution in [1.82, 2.24) is 25.2 Å². The molecule has 166 valence electrons. The van der Waals surface area contributed by atoms with E-state index in [1.165, 1.54) is 5.56 Å². The molecule has 0 aliphatic heterocycles. The second-order valence-electron chi connectivity index (χ2n) is 8.54. The first-order valence-electron chi connectivity index (χ1n) is 11.0. The van der Waals surface area contributed by atoms with Crippen LogP contribution in [0.15, 0.2) is 58.3 Å². The van der Waals surface area contributed by atoms with Gasteiger partial charge in [-0.2, -0.15) is 0 Å². The third-order valence-corrected chi connectivity index (χ3v) is 4.93. The molecule has 0 unspecified atom stereocenters. The average Bonchev–Trinajstić information content (AvgIpc) is 3.40. The fourth-order valence-corrected chi connectivity index (χ4v) is 3.18. The second-order valence-corrected chi connectivity index (χ2v) is 8.54. The van der Waals surface area contributed by atoms with E-state index in [-0.39, 0.29) is 5.41 Å². The standard InChI is InChI=1S/C24H34N6O/c1-5-25-23(29-18-22-27-16-20(31-22)24(2,3)4)28-17-21-26-13-15-30(21)14-9-12-19-10-7-6-8-11-19/h6-8,10-11,13,15-16H,5,9,12,14,17-18H2,1-4H3,(H2,25,28,29). The Hall–Kier alpha value is -3.09. The fraction of sp³-hybridized carbons (Fsp3) is 0.458. The lowest BCUT2D eigenvalue weighted by atomic mass is 9.94. The molecule has 1 aromatic carbocycles. The third-order valence-electron chi connectivity index (χ3n) is 4.93. The van der Waals surface area contributed by atoms with Crippen LogP contribution in [0.3, 0.4) is 0 Å². The summed E-state index contributed by atoms with van der Waals surface area (Å²) in [5.41, 5.74) is 1.31. The first-order valence-corrected chi connectivity index (χ1v) is 11.0. The zero-order valence-electron chi connectivity index (χ0n) is 19.1. The van der Waals surface area contributed by atoms with E-state index >= 15 is 0 Å². The maximum absolute atomic E-state index is 5.85. The number of aliphatic imine (C=N–C) groups is 1. The Balaban J connectivity index is 1.54. The number of oxazole rings is 1. The number of aryl methyl sites for hydroxylation is 2. The van der Waals surface area contributed by atoms with Crippen LogP contribution in [-0.4, -0.2) is 27.0 Å². The van der Waals surface area contributed by atoms with Crippen LogP contribution in [0.25, 0.3) is 0 Å². The maximum Gasteiger partial charge on any atom is 0.213 e. The van der Waals surface area contributed by atoms with Gasteiger partial charge in [-0.15, -0.1) is 0 Å². The molecular formula is C24H34N6O. The van der Waals surface area contributed by atoms with Gasteiger partial charge < -0.3 is 19.6 Å². The van der Waals surface area contributed by atoms with Gasteiger partial charge in [0.1, 0.15) is 18.1 Å². The van der Waals surface area contributed by atoms with Crippen LogP contribution >= 0.6 is 0 Å². The molecule has 2 aromatic heterocycles. The number of hydrogen-bond donors (Lipinski definition) is 2. The minimum atomic E-state index is -0.0541. The summed E-state index contributed by atoms with van der Waals surface area (Å²) in [5, 5.41) is 6.56. The number of hydrogen-bond acceptors (Lipinski definition) is 4. The zero-order chi connectivity index (χ0) is 22.1. The number of rotatable bonds is 9. The van der Waals surface area contributed by atoms with Crippen LogP contribution in [0.5, 0.6) is 0 Å². The van der Waals surface area contributed by atoms with E-state index in [0.29, 0.717) is 19.0 Å². The van der Waals surface area contributed by atoms with E-state index in [1.54, 1.807) is 6.20 Å². The fourth-order valence-electron chi connectivity index (χ4n) is 3.18. The highest BCUT2D eigenvalue weighted by Crippen LogP contribution is 2.22. The summed E-state index contributed by atoms with van der Waals surface area (Å²) in [6.07, 6.45) is 7.78. The monoisotopic (exact) mass is 422 g/mol. The highest BCUT2D eigenvalue weighted by atomic mass is 16.4. The van der Waals surface area contributed by atoms with Crippen LogP contribution in [-0.2, 0) is 31.5 Å². The van der Waals surface area contributed by atoms with E-state index in [1.807, 2.05) is 19.3 Å². The first-order chi connectivity index (χ1) is 15.0. The topological polar surface area (TPSA) is 80.3 Å². The Morgan fingerprint density at radius 2 is 1.94 bits per heavy atom. The highest BCUT2D eigenvalue weighted by molar-refractivity contribution is 5.79. The summed E-state index contributed by atoms with van der Waals surface area (Å²) in [4.78, 5) is 13.6. The van der Waals surface area contributed by atoms with Gasteiger partial charge in [-0.05, 0) is 25.3 Å².